The van der Waals surface area contributed by atoms with Crippen LogP contribution in [0.3, 0.4) is 0 Å². The maximum atomic E-state index is 11.9. The van der Waals surface area contributed by atoms with Gasteiger partial charge >= 0.3 is 11.9 Å². The van der Waals surface area contributed by atoms with Gasteiger partial charge in [-0.15, -0.1) is 12.4 Å². The van der Waals surface area contributed by atoms with E-state index in [1.165, 1.54) is 5.56 Å². The predicted molar refractivity (Wildman–Crippen MR) is 128 cm³/mol. The Hall–Kier alpha value is -2.57. The molecular formula is C25H34ClNO5. The van der Waals surface area contributed by atoms with Crippen molar-refractivity contribution in [1.82, 2.24) is 4.90 Å². The van der Waals surface area contributed by atoms with Crippen molar-refractivity contribution >= 4 is 24.3 Å². The number of benzene rings is 2. The molecule has 1 N–H and O–H groups in total. The van der Waals surface area contributed by atoms with Gasteiger partial charge in [0.15, 0.2) is 0 Å². The quantitative estimate of drug-likeness (QED) is 0.331. The predicted octanol–water partition coefficient (Wildman–Crippen LogP) is 4.39. The number of para-hydroxylation sites is 1. The minimum atomic E-state index is -1.02. The molecule has 1 atom stereocenters. The minimum Gasteiger partial charge on any atom is -0.489 e. The normalized spacial score (nSPS) is 11.5. The summed E-state index contributed by atoms with van der Waals surface area (Å²) in [6.07, 6.45) is 3.28. The van der Waals surface area contributed by atoms with Crippen molar-refractivity contribution in [2.75, 3.05) is 27.2 Å². The van der Waals surface area contributed by atoms with Gasteiger partial charge in [-0.2, -0.15) is 0 Å². The van der Waals surface area contributed by atoms with Gasteiger partial charge in [-0.3, -0.25) is 9.59 Å². The average molecular weight is 464 g/mol. The van der Waals surface area contributed by atoms with Gasteiger partial charge in [0.05, 0.1) is 12.8 Å². The Morgan fingerprint density at radius 2 is 1.59 bits per heavy atom. The number of carbonyl (C=O) groups excluding carboxylic acids is 1. The molecule has 2 aromatic rings. The third kappa shape index (κ3) is 11.2. The third-order valence-electron chi connectivity index (χ3n) is 4.81. The van der Waals surface area contributed by atoms with E-state index in [1.807, 2.05) is 43.3 Å². The summed E-state index contributed by atoms with van der Waals surface area (Å²) in [5.74, 6) is -0.738. The number of carboxylic acid groups (broad SMARTS) is 1. The number of ether oxygens (including phenoxy) is 2. The first kappa shape index (κ1) is 27.5. The largest absolute Gasteiger partial charge is 0.489 e. The lowest BCUT2D eigenvalue weighted by Crippen LogP contribution is -2.35. The molecule has 176 valence electrons. The van der Waals surface area contributed by atoms with Gasteiger partial charge in [0.2, 0.25) is 0 Å². The fourth-order valence-electron chi connectivity index (χ4n) is 3.31. The van der Waals surface area contributed by atoms with Crippen LogP contribution in [0.4, 0.5) is 0 Å². The van der Waals surface area contributed by atoms with Crippen molar-refractivity contribution in [2.45, 2.75) is 44.6 Å². The molecule has 0 heterocycles. The third-order valence-corrected chi connectivity index (χ3v) is 4.81. The summed E-state index contributed by atoms with van der Waals surface area (Å²) >= 11 is 0. The summed E-state index contributed by atoms with van der Waals surface area (Å²) in [5, 5.41) is 8.74. The van der Waals surface area contributed by atoms with Crippen LogP contribution in [-0.2, 0) is 27.2 Å². The molecule has 0 aliphatic heterocycles. The number of likely N-dealkylation sites (N-methyl/N-ethyl adjacent to an activating group) is 1. The Morgan fingerprint density at radius 3 is 2.28 bits per heavy atom. The van der Waals surface area contributed by atoms with Crippen LogP contribution in [0, 0.1) is 0 Å². The van der Waals surface area contributed by atoms with Crippen molar-refractivity contribution in [3.8, 4) is 5.75 Å². The Labute approximate surface area is 196 Å². The molecule has 0 amide bonds. The number of carboxylic acids is 1. The molecular weight excluding hydrogens is 430 g/mol. The summed E-state index contributed by atoms with van der Waals surface area (Å²) in [5.41, 5.74) is 2.49. The number of aryl methyl sites for hydroxylation is 2. The fraction of sp³-hybridized carbons (Fsp3) is 0.440. The molecule has 0 bridgehead atoms. The lowest BCUT2D eigenvalue weighted by Gasteiger charge is -2.22. The topological polar surface area (TPSA) is 76.1 Å². The molecule has 0 spiro atoms. The van der Waals surface area contributed by atoms with Gasteiger partial charge in [-0.1, -0.05) is 48.5 Å². The second-order valence-electron chi connectivity index (χ2n) is 7.88. The van der Waals surface area contributed by atoms with Crippen molar-refractivity contribution in [2.24, 2.45) is 0 Å². The number of nitrogens with zero attached hydrogens (tertiary/aromatic N) is 1. The Balaban J connectivity index is 0.00000512. The zero-order valence-corrected chi connectivity index (χ0v) is 19.7. The van der Waals surface area contributed by atoms with E-state index >= 15 is 0 Å². The van der Waals surface area contributed by atoms with E-state index in [1.54, 1.807) is 0 Å². The summed E-state index contributed by atoms with van der Waals surface area (Å²) in [4.78, 5) is 24.5. The first-order chi connectivity index (χ1) is 14.9. The molecule has 2 rings (SSSR count). The molecule has 0 radical (unpaired) electrons. The fourth-order valence-corrected chi connectivity index (χ4v) is 3.31. The highest BCUT2D eigenvalue weighted by molar-refractivity contribution is 5.85. The van der Waals surface area contributed by atoms with Crippen molar-refractivity contribution in [1.29, 1.82) is 0 Å². The van der Waals surface area contributed by atoms with Crippen LogP contribution in [-0.4, -0.2) is 55.3 Å². The standard InChI is InChI=1S/C25H33NO5.ClH/c1-26(2)18-22(31-25(29)17-16-24(27)28)19-30-23-15-9-8-14-21(23)13-7-6-12-20-10-4-3-5-11-20;/h3-5,8-11,14-15,22H,6-7,12-13,16-19H2,1-2H3,(H,27,28);1H. The van der Waals surface area contributed by atoms with Crippen molar-refractivity contribution in [3.05, 3.63) is 65.7 Å². The average Bonchev–Trinajstić information content (AvgIpc) is 2.74. The van der Waals surface area contributed by atoms with E-state index in [0.717, 1.165) is 37.0 Å². The van der Waals surface area contributed by atoms with E-state index in [2.05, 4.69) is 30.3 Å². The van der Waals surface area contributed by atoms with E-state index in [-0.39, 0.29) is 31.9 Å². The number of carbonyl (C=O) groups is 2. The number of aliphatic carboxylic acids is 1. The lowest BCUT2D eigenvalue weighted by atomic mass is 10.0. The number of unbranched alkanes of at least 4 members (excludes halogenated alkanes) is 1. The van der Waals surface area contributed by atoms with Crippen molar-refractivity contribution in [3.63, 3.8) is 0 Å². The smallest absolute Gasteiger partial charge is 0.306 e. The van der Waals surface area contributed by atoms with Crippen LogP contribution in [0.5, 0.6) is 5.75 Å². The van der Waals surface area contributed by atoms with Gasteiger partial charge in [0.25, 0.3) is 0 Å². The molecule has 32 heavy (non-hydrogen) atoms. The molecule has 7 heteroatoms. The zero-order valence-electron chi connectivity index (χ0n) is 18.9. The van der Waals surface area contributed by atoms with Crippen LogP contribution in [0.1, 0.15) is 36.8 Å². The molecule has 0 saturated carbocycles. The Morgan fingerprint density at radius 1 is 0.938 bits per heavy atom. The SMILES string of the molecule is CN(C)CC(COc1ccccc1CCCCc1ccccc1)OC(=O)CCC(=O)O.Cl. The Bertz CT molecular complexity index is 813. The van der Waals surface area contributed by atoms with E-state index < -0.39 is 18.0 Å². The first-order valence-corrected chi connectivity index (χ1v) is 10.7. The molecule has 0 aliphatic rings. The summed E-state index contributed by atoms with van der Waals surface area (Å²) < 4.78 is 11.5. The highest BCUT2D eigenvalue weighted by atomic mass is 35.5. The molecule has 0 aliphatic carbocycles. The molecule has 0 saturated heterocycles. The molecule has 0 aromatic heterocycles. The van der Waals surface area contributed by atoms with E-state index in [9.17, 15) is 9.59 Å². The maximum absolute atomic E-state index is 11.9. The summed E-state index contributed by atoms with van der Waals surface area (Å²) in [7, 11) is 3.78. The van der Waals surface area contributed by atoms with Crippen LogP contribution in [0.2, 0.25) is 0 Å². The molecule has 2 aromatic carbocycles. The minimum absolute atomic E-state index is 0. The van der Waals surface area contributed by atoms with Crippen molar-refractivity contribution < 1.29 is 24.2 Å². The van der Waals surface area contributed by atoms with Crippen LogP contribution in [0.15, 0.2) is 54.6 Å². The number of hydrogen-bond donors (Lipinski definition) is 1. The number of hydrogen-bond acceptors (Lipinski definition) is 5. The highest BCUT2D eigenvalue weighted by Gasteiger charge is 2.18. The van der Waals surface area contributed by atoms with Crippen LogP contribution < -0.4 is 4.74 Å². The Kier molecular flexibility index (Phi) is 13.1. The van der Waals surface area contributed by atoms with Crippen LogP contribution in [0.25, 0.3) is 0 Å². The van der Waals surface area contributed by atoms with Gasteiger partial charge < -0.3 is 19.5 Å². The van der Waals surface area contributed by atoms with E-state index in [0.29, 0.717) is 6.54 Å². The van der Waals surface area contributed by atoms with Gasteiger partial charge in [-0.25, -0.2) is 0 Å². The first-order valence-electron chi connectivity index (χ1n) is 10.7. The highest BCUT2D eigenvalue weighted by Crippen LogP contribution is 2.21. The van der Waals surface area contributed by atoms with Crippen LogP contribution >= 0.6 is 12.4 Å². The van der Waals surface area contributed by atoms with Gasteiger partial charge in [0, 0.05) is 6.54 Å². The number of rotatable bonds is 14. The molecule has 0 fully saturated rings. The van der Waals surface area contributed by atoms with Gasteiger partial charge in [0.1, 0.15) is 18.5 Å². The zero-order chi connectivity index (χ0) is 22.5. The molecule has 6 nitrogen and oxygen atoms in total. The second-order valence-corrected chi connectivity index (χ2v) is 7.88. The lowest BCUT2D eigenvalue weighted by molar-refractivity contribution is -0.153. The number of esters is 1. The maximum Gasteiger partial charge on any atom is 0.306 e. The summed E-state index contributed by atoms with van der Waals surface area (Å²) in [6, 6.07) is 18.4. The molecule has 1 unspecified atom stereocenters. The summed E-state index contributed by atoms with van der Waals surface area (Å²) in [6.45, 7) is 0.718. The van der Waals surface area contributed by atoms with Gasteiger partial charge in [-0.05, 0) is 57.0 Å². The number of halogens is 1. The monoisotopic (exact) mass is 463 g/mol. The van der Waals surface area contributed by atoms with E-state index in [4.69, 9.17) is 14.6 Å². The second kappa shape index (κ2) is 15.3.